The van der Waals surface area contributed by atoms with E-state index in [-0.39, 0.29) is 41.8 Å². The van der Waals surface area contributed by atoms with E-state index in [1.54, 1.807) is 24.7 Å². The summed E-state index contributed by atoms with van der Waals surface area (Å²) in [5.41, 5.74) is 0.498. The van der Waals surface area contributed by atoms with E-state index >= 15 is 0 Å². The number of nitrogens with zero attached hydrogens (tertiary/aromatic N) is 6. The number of aryl methyl sites for hydroxylation is 1. The minimum atomic E-state index is -4.67. The van der Waals surface area contributed by atoms with E-state index in [2.05, 4.69) is 14.9 Å². The molecule has 11 heteroatoms. The molecule has 1 amide bonds. The average molecular weight is 513 g/mol. The molecule has 2 saturated heterocycles. The van der Waals surface area contributed by atoms with Gasteiger partial charge in [-0.25, -0.2) is 9.97 Å². The first-order chi connectivity index (χ1) is 17.7. The van der Waals surface area contributed by atoms with Crippen LogP contribution in [0.5, 0.6) is 5.75 Å². The van der Waals surface area contributed by atoms with Gasteiger partial charge in [-0.2, -0.15) is 18.4 Å². The molecule has 0 atom stereocenters. The highest BCUT2D eigenvalue weighted by atomic mass is 19.4. The number of carbonyl (C=O) groups is 1. The van der Waals surface area contributed by atoms with Crippen molar-refractivity contribution in [3.05, 3.63) is 41.9 Å². The zero-order valence-electron chi connectivity index (χ0n) is 20.6. The number of likely N-dealkylation sites (N-methyl/N-ethyl adjacent to an activating group) is 1. The van der Waals surface area contributed by atoms with E-state index in [9.17, 15) is 23.2 Å². The molecule has 0 radical (unpaired) electrons. The fourth-order valence-corrected chi connectivity index (χ4v) is 5.36. The van der Waals surface area contributed by atoms with E-state index in [0.717, 1.165) is 31.7 Å². The lowest BCUT2D eigenvalue weighted by Crippen LogP contribution is -2.41. The van der Waals surface area contributed by atoms with Crippen LogP contribution in [0.4, 0.5) is 13.2 Å². The third-order valence-electron chi connectivity index (χ3n) is 7.43. The van der Waals surface area contributed by atoms with Crippen molar-refractivity contribution in [2.45, 2.75) is 43.9 Å². The van der Waals surface area contributed by atoms with Crippen LogP contribution in [0.25, 0.3) is 22.3 Å². The number of nitriles is 1. The molecular formula is C26H27F3N6O2. The summed E-state index contributed by atoms with van der Waals surface area (Å²) < 4.78 is 49.0. The van der Waals surface area contributed by atoms with Crippen LogP contribution in [0.15, 0.2) is 30.6 Å². The number of carbonyl (C=O) groups excluding carboxylic acids is 1. The predicted octanol–water partition coefficient (Wildman–Crippen LogP) is 3.99. The maximum atomic E-state index is 13.9. The summed E-state index contributed by atoms with van der Waals surface area (Å²) in [5.74, 6) is -0.379. The van der Waals surface area contributed by atoms with Crippen molar-refractivity contribution >= 4 is 16.9 Å². The zero-order valence-corrected chi connectivity index (χ0v) is 20.6. The molecule has 3 aromatic rings. The standard InChI is InChI=1S/C26H27F3N6O2/c1-33(24(36)14-35-17-4-5-18(35)7-6-17)9-10-37-23-8-3-16(11-19(23)26(27,28)29)20-12-22-25(21(13-30)32-20)31-15-34(22)2/h3,8,11-12,15,17-18H,4-7,9-10,14H2,1-2H3. The maximum absolute atomic E-state index is 13.9. The second-order valence-electron chi connectivity index (χ2n) is 9.70. The first-order valence-electron chi connectivity index (χ1n) is 12.2. The van der Waals surface area contributed by atoms with Gasteiger partial charge in [0.2, 0.25) is 5.91 Å². The van der Waals surface area contributed by atoms with E-state index in [0.29, 0.717) is 29.7 Å². The molecule has 2 fully saturated rings. The minimum absolute atomic E-state index is 0.0385. The van der Waals surface area contributed by atoms with Crippen molar-refractivity contribution in [2.75, 3.05) is 26.7 Å². The van der Waals surface area contributed by atoms with Crippen molar-refractivity contribution < 1.29 is 22.7 Å². The van der Waals surface area contributed by atoms with Gasteiger partial charge in [0.15, 0.2) is 5.69 Å². The van der Waals surface area contributed by atoms with E-state index in [4.69, 9.17) is 4.74 Å². The largest absolute Gasteiger partial charge is 0.491 e. The van der Waals surface area contributed by atoms with Crippen LogP contribution in [-0.4, -0.2) is 69.1 Å². The number of imidazole rings is 1. The van der Waals surface area contributed by atoms with Gasteiger partial charge in [0.25, 0.3) is 0 Å². The molecule has 2 aromatic heterocycles. The second kappa shape index (κ2) is 9.67. The van der Waals surface area contributed by atoms with Crippen molar-refractivity contribution in [3.63, 3.8) is 0 Å². The summed E-state index contributed by atoms with van der Waals surface area (Å²) >= 11 is 0. The number of hydrogen-bond donors (Lipinski definition) is 0. The molecule has 4 heterocycles. The average Bonchev–Trinajstić information content (AvgIpc) is 3.57. The van der Waals surface area contributed by atoms with Crippen LogP contribution >= 0.6 is 0 Å². The first kappa shape index (κ1) is 25.0. The highest BCUT2D eigenvalue weighted by Gasteiger charge is 2.40. The predicted molar refractivity (Wildman–Crippen MR) is 130 cm³/mol. The minimum Gasteiger partial charge on any atom is -0.491 e. The summed E-state index contributed by atoms with van der Waals surface area (Å²) in [7, 11) is 3.37. The van der Waals surface area contributed by atoms with Crippen molar-refractivity contribution in [3.8, 4) is 23.1 Å². The third-order valence-corrected chi connectivity index (χ3v) is 7.43. The van der Waals surface area contributed by atoms with Gasteiger partial charge in [0.1, 0.15) is 23.9 Å². The quantitative estimate of drug-likeness (QED) is 0.476. The smallest absolute Gasteiger partial charge is 0.419 e. The van der Waals surface area contributed by atoms with Crippen LogP contribution in [0.3, 0.4) is 0 Å². The monoisotopic (exact) mass is 512 g/mol. The summed E-state index contributed by atoms with van der Waals surface area (Å²) in [6.07, 6.45) is 1.37. The lowest BCUT2D eigenvalue weighted by molar-refractivity contribution is -0.139. The van der Waals surface area contributed by atoms with Crippen LogP contribution in [0, 0.1) is 11.3 Å². The molecule has 194 valence electrons. The number of fused-ring (bicyclic) bond motifs is 3. The van der Waals surface area contributed by atoms with Crippen molar-refractivity contribution in [1.82, 2.24) is 24.3 Å². The Morgan fingerprint density at radius 2 is 1.92 bits per heavy atom. The molecule has 0 unspecified atom stereocenters. The van der Waals surface area contributed by atoms with Gasteiger partial charge in [-0.05, 0) is 49.9 Å². The van der Waals surface area contributed by atoms with Crippen molar-refractivity contribution in [2.24, 2.45) is 7.05 Å². The Morgan fingerprint density at radius 3 is 2.57 bits per heavy atom. The van der Waals surface area contributed by atoms with Gasteiger partial charge in [-0.1, -0.05) is 0 Å². The zero-order chi connectivity index (χ0) is 26.3. The molecule has 8 nitrogen and oxygen atoms in total. The number of amides is 1. The number of aromatic nitrogens is 3. The fraction of sp³-hybridized carbons (Fsp3) is 0.462. The molecule has 2 aliphatic rings. The lowest BCUT2D eigenvalue weighted by Gasteiger charge is -2.25. The topological polar surface area (TPSA) is 87.3 Å². The number of benzene rings is 1. The van der Waals surface area contributed by atoms with Crippen LogP contribution in [0.1, 0.15) is 36.9 Å². The van der Waals surface area contributed by atoms with E-state index < -0.39 is 11.7 Å². The normalized spacial score (nSPS) is 19.4. The first-order valence-corrected chi connectivity index (χ1v) is 12.2. The van der Waals surface area contributed by atoms with E-state index in [1.165, 1.54) is 23.4 Å². The van der Waals surface area contributed by atoms with Crippen molar-refractivity contribution in [1.29, 1.82) is 5.26 Å². The number of hydrogen-bond acceptors (Lipinski definition) is 6. The molecule has 5 rings (SSSR count). The Labute approximate surface area is 212 Å². The Hall–Kier alpha value is -3.65. The highest BCUT2D eigenvalue weighted by Crippen LogP contribution is 2.39. The van der Waals surface area contributed by atoms with Gasteiger partial charge < -0.3 is 14.2 Å². The van der Waals surface area contributed by atoms with Gasteiger partial charge >= 0.3 is 6.18 Å². The molecule has 0 aliphatic carbocycles. The van der Waals surface area contributed by atoms with Gasteiger partial charge in [-0.3, -0.25) is 9.69 Å². The number of pyridine rings is 1. The summed E-state index contributed by atoms with van der Waals surface area (Å²) in [6.45, 7) is 0.438. The third kappa shape index (κ3) is 4.85. The second-order valence-corrected chi connectivity index (χ2v) is 9.70. The summed E-state index contributed by atoms with van der Waals surface area (Å²) in [4.78, 5) is 24.8. The Kier molecular flexibility index (Phi) is 6.54. The number of rotatable bonds is 7. The van der Waals surface area contributed by atoms with Crippen LogP contribution in [-0.2, 0) is 18.0 Å². The van der Waals surface area contributed by atoms with E-state index in [1.807, 2.05) is 6.07 Å². The number of alkyl halides is 3. The Morgan fingerprint density at radius 1 is 1.22 bits per heavy atom. The Balaban J connectivity index is 1.30. The van der Waals surface area contributed by atoms with Crippen LogP contribution < -0.4 is 4.74 Å². The molecule has 0 N–H and O–H groups in total. The molecule has 2 aliphatic heterocycles. The molecule has 0 saturated carbocycles. The maximum Gasteiger partial charge on any atom is 0.419 e. The molecular weight excluding hydrogens is 485 g/mol. The highest BCUT2D eigenvalue weighted by molar-refractivity contribution is 5.84. The van der Waals surface area contributed by atoms with Gasteiger partial charge in [0.05, 0.1) is 36.2 Å². The molecule has 2 bridgehead atoms. The fourth-order valence-electron chi connectivity index (χ4n) is 5.36. The number of halogens is 3. The molecule has 1 aromatic carbocycles. The number of ether oxygens (including phenoxy) is 1. The molecule has 37 heavy (non-hydrogen) atoms. The van der Waals surface area contributed by atoms with Crippen LogP contribution in [0.2, 0.25) is 0 Å². The summed E-state index contributed by atoms with van der Waals surface area (Å²) in [6, 6.07) is 8.22. The Bertz CT molecular complexity index is 1360. The summed E-state index contributed by atoms with van der Waals surface area (Å²) in [5, 5.41) is 9.44. The SMILES string of the molecule is CN(CCOc1ccc(-c2cc3c(ncn3C)c(C#N)n2)cc1C(F)(F)F)C(=O)CN1C2CCC1CC2. The van der Waals surface area contributed by atoms with Gasteiger partial charge in [-0.15, -0.1) is 0 Å². The lowest BCUT2D eigenvalue weighted by atomic mass is 10.0. The van der Waals surface area contributed by atoms with Gasteiger partial charge in [0, 0.05) is 31.7 Å². The molecule has 0 spiro atoms.